The van der Waals surface area contributed by atoms with E-state index in [1.54, 1.807) is 11.3 Å². The molecule has 3 rings (SSSR count). The molecule has 3 heteroatoms. The zero-order valence-corrected chi connectivity index (χ0v) is 11.7. The maximum Gasteiger partial charge on any atom is 0.124 e. The largest absolute Gasteiger partial charge is 0.330 e. The van der Waals surface area contributed by atoms with E-state index in [1.807, 2.05) is 0 Å². The smallest absolute Gasteiger partial charge is 0.124 e. The molecule has 0 atom stereocenters. The van der Waals surface area contributed by atoms with E-state index < -0.39 is 0 Å². The summed E-state index contributed by atoms with van der Waals surface area (Å²) in [4.78, 5) is 4.74. The standard InChI is InChI=1S/C16H16N2S/c1-11-3-2-4-13(9-11)16-18-14-10-12(7-8-17)5-6-15(14)19-16/h2-6,9-10H,7-8,17H2,1H3. The Labute approximate surface area is 116 Å². The van der Waals surface area contributed by atoms with Crippen LogP contribution in [0.1, 0.15) is 11.1 Å². The molecule has 1 heterocycles. The maximum atomic E-state index is 5.60. The van der Waals surface area contributed by atoms with Crippen LogP contribution in [-0.4, -0.2) is 11.5 Å². The zero-order valence-electron chi connectivity index (χ0n) is 10.9. The van der Waals surface area contributed by atoms with Crippen molar-refractivity contribution in [2.75, 3.05) is 6.54 Å². The van der Waals surface area contributed by atoms with Crippen LogP contribution < -0.4 is 5.73 Å². The van der Waals surface area contributed by atoms with Gasteiger partial charge in [-0.25, -0.2) is 4.98 Å². The fourth-order valence-corrected chi connectivity index (χ4v) is 3.14. The van der Waals surface area contributed by atoms with Crippen molar-refractivity contribution < 1.29 is 0 Å². The second kappa shape index (κ2) is 5.11. The maximum absolute atomic E-state index is 5.60. The molecule has 0 aliphatic heterocycles. The van der Waals surface area contributed by atoms with E-state index >= 15 is 0 Å². The van der Waals surface area contributed by atoms with Gasteiger partial charge < -0.3 is 5.73 Å². The van der Waals surface area contributed by atoms with Crippen LogP contribution in [-0.2, 0) is 6.42 Å². The molecular formula is C16H16N2S. The van der Waals surface area contributed by atoms with Crippen LogP contribution in [0.3, 0.4) is 0 Å². The normalized spacial score (nSPS) is 11.1. The number of hydrogen-bond acceptors (Lipinski definition) is 3. The average molecular weight is 268 g/mol. The van der Waals surface area contributed by atoms with Gasteiger partial charge in [0.2, 0.25) is 0 Å². The molecule has 0 radical (unpaired) electrons. The molecule has 0 aliphatic rings. The van der Waals surface area contributed by atoms with Crippen molar-refractivity contribution in [2.45, 2.75) is 13.3 Å². The van der Waals surface area contributed by atoms with E-state index in [-0.39, 0.29) is 0 Å². The molecule has 1 aromatic heterocycles. The van der Waals surface area contributed by atoms with Crippen LogP contribution in [0.5, 0.6) is 0 Å². The second-order valence-corrected chi connectivity index (χ2v) is 5.76. The quantitative estimate of drug-likeness (QED) is 0.785. The Hall–Kier alpha value is -1.71. The van der Waals surface area contributed by atoms with E-state index in [0.29, 0.717) is 6.54 Å². The van der Waals surface area contributed by atoms with E-state index in [9.17, 15) is 0 Å². The summed E-state index contributed by atoms with van der Waals surface area (Å²) in [5, 5.41) is 1.09. The summed E-state index contributed by atoms with van der Waals surface area (Å²) in [5.41, 5.74) is 10.4. The first kappa shape index (κ1) is 12.3. The number of rotatable bonds is 3. The predicted molar refractivity (Wildman–Crippen MR) is 82.6 cm³/mol. The molecule has 0 fully saturated rings. The summed E-state index contributed by atoms with van der Waals surface area (Å²) in [6, 6.07) is 14.9. The third-order valence-electron chi connectivity index (χ3n) is 3.15. The highest BCUT2D eigenvalue weighted by Crippen LogP contribution is 2.30. The number of nitrogens with two attached hydrogens (primary N) is 1. The number of fused-ring (bicyclic) bond motifs is 1. The molecule has 2 N–H and O–H groups in total. The Kier molecular flexibility index (Phi) is 3.32. The van der Waals surface area contributed by atoms with Gasteiger partial charge in [-0.15, -0.1) is 11.3 Å². The van der Waals surface area contributed by atoms with Gasteiger partial charge in [0.25, 0.3) is 0 Å². The monoisotopic (exact) mass is 268 g/mol. The topological polar surface area (TPSA) is 38.9 Å². The highest BCUT2D eigenvalue weighted by atomic mass is 32.1. The first-order chi connectivity index (χ1) is 9.26. The molecule has 0 saturated heterocycles. The van der Waals surface area contributed by atoms with Gasteiger partial charge in [-0.2, -0.15) is 0 Å². The van der Waals surface area contributed by atoms with Crippen molar-refractivity contribution in [1.29, 1.82) is 0 Å². The molecule has 0 aliphatic carbocycles. The lowest BCUT2D eigenvalue weighted by Gasteiger charge is -1.97. The van der Waals surface area contributed by atoms with Gasteiger partial charge in [0.15, 0.2) is 0 Å². The fraction of sp³-hybridized carbons (Fsp3) is 0.188. The molecule has 0 bridgehead atoms. The summed E-state index contributed by atoms with van der Waals surface area (Å²) >= 11 is 1.74. The Bertz CT molecular complexity index is 716. The van der Waals surface area contributed by atoms with Crippen molar-refractivity contribution in [1.82, 2.24) is 4.98 Å². The Balaban J connectivity index is 2.06. The minimum atomic E-state index is 0.681. The average Bonchev–Trinajstić information content (AvgIpc) is 2.82. The molecule has 19 heavy (non-hydrogen) atoms. The summed E-state index contributed by atoms with van der Waals surface area (Å²) in [6.45, 7) is 2.79. The lowest BCUT2D eigenvalue weighted by atomic mass is 10.1. The van der Waals surface area contributed by atoms with E-state index in [2.05, 4.69) is 49.4 Å². The second-order valence-electron chi connectivity index (χ2n) is 4.73. The van der Waals surface area contributed by atoms with E-state index in [4.69, 9.17) is 10.7 Å². The fourth-order valence-electron chi connectivity index (χ4n) is 2.20. The van der Waals surface area contributed by atoms with Crippen molar-refractivity contribution in [2.24, 2.45) is 5.73 Å². The first-order valence-corrected chi connectivity index (χ1v) is 7.24. The Morgan fingerprint density at radius 3 is 2.84 bits per heavy atom. The highest BCUT2D eigenvalue weighted by molar-refractivity contribution is 7.21. The summed E-state index contributed by atoms with van der Waals surface area (Å²) in [5.74, 6) is 0. The number of nitrogens with zero attached hydrogens (tertiary/aromatic N) is 1. The minimum Gasteiger partial charge on any atom is -0.330 e. The summed E-state index contributed by atoms with van der Waals surface area (Å²) < 4.78 is 1.23. The number of aromatic nitrogens is 1. The Morgan fingerprint density at radius 1 is 1.16 bits per heavy atom. The van der Waals surface area contributed by atoms with Crippen molar-refractivity contribution >= 4 is 21.6 Å². The van der Waals surface area contributed by atoms with Crippen molar-refractivity contribution in [3.05, 3.63) is 53.6 Å². The lowest BCUT2D eigenvalue weighted by Crippen LogP contribution is -2.02. The third kappa shape index (κ3) is 2.53. The van der Waals surface area contributed by atoms with Gasteiger partial charge in [0.05, 0.1) is 10.2 Å². The number of thiazole rings is 1. The SMILES string of the molecule is Cc1cccc(-c2nc3cc(CCN)ccc3s2)c1. The van der Waals surface area contributed by atoms with Crippen LogP contribution in [0.4, 0.5) is 0 Å². The molecule has 0 saturated carbocycles. The molecule has 0 unspecified atom stereocenters. The predicted octanol–water partition coefficient (Wildman–Crippen LogP) is 3.77. The van der Waals surface area contributed by atoms with Gasteiger partial charge in [0, 0.05) is 5.56 Å². The molecular weight excluding hydrogens is 252 g/mol. The molecule has 0 amide bonds. The van der Waals surface area contributed by atoms with Crippen LogP contribution in [0.2, 0.25) is 0 Å². The van der Waals surface area contributed by atoms with Gasteiger partial charge in [-0.3, -0.25) is 0 Å². The van der Waals surface area contributed by atoms with Crippen LogP contribution in [0.25, 0.3) is 20.8 Å². The van der Waals surface area contributed by atoms with E-state index in [0.717, 1.165) is 16.9 Å². The van der Waals surface area contributed by atoms with Gasteiger partial charge in [-0.1, -0.05) is 29.8 Å². The molecule has 2 aromatic carbocycles. The number of benzene rings is 2. The minimum absolute atomic E-state index is 0.681. The molecule has 0 spiro atoms. The lowest BCUT2D eigenvalue weighted by molar-refractivity contribution is 0.970. The molecule has 2 nitrogen and oxygen atoms in total. The van der Waals surface area contributed by atoms with Crippen LogP contribution >= 0.6 is 11.3 Å². The van der Waals surface area contributed by atoms with Crippen LogP contribution in [0.15, 0.2) is 42.5 Å². The third-order valence-corrected chi connectivity index (χ3v) is 4.24. The van der Waals surface area contributed by atoms with E-state index in [1.165, 1.54) is 21.4 Å². The first-order valence-electron chi connectivity index (χ1n) is 6.43. The van der Waals surface area contributed by atoms with Crippen LogP contribution in [0, 0.1) is 6.92 Å². The van der Waals surface area contributed by atoms with Crippen molar-refractivity contribution in [3.8, 4) is 10.6 Å². The summed E-state index contributed by atoms with van der Waals surface area (Å²) in [7, 11) is 0. The highest BCUT2D eigenvalue weighted by Gasteiger charge is 2.06. The Morgan fingerprint density at radius 2 is 2.05 bits per heavy atom. The summed E-state index contributed by atoms with van der Waals surface area (Å²) in [6.07, 6.45) is 0.910. The molecule has 96 valence electrons. The van der Waals surface area contributed by atoms with Crippen molar-refractivity contribution in [3.63, 3.8) is 0 Å². The van der Waals surface area contributed by atoms with Gasteiger partial charge >= 0.3 is 0 Å². The van der Waals surface area contributed by atoms with Gasteiger partial charge in [-0.05, 0) is 43.7 Å². The molecule has 3 aromatic rings. The number of hydrogen-bond donors (Lipinski definition) is 1. The zero-order chi connectivity index (χ0) is 13.2. The number of aryl methyl sites for hydroxylation is 1. The van der Waals surface area contributed by atoms with Gasteiger partial charge in [0.1, 0.15) is 5.01 Å².